The van der Waals surface area contributed by atoms with Crippen molar-refractivity contribution in [2.75, 3.05) is 0 Å². The van der Waals surface area contributed by atoms with Gasteiger partial charge in [-0.05, 0) is 34.7 Å². The van der Waals surface area contributed by atoms with E-state index in [1.54, 1.807) is 18.5 Å². The number of aromatic carboxylic acids is 1. The molecule has 0 unspecified atom stereocenters. The molecule has 5 heteroatoms. The zero-order valence-corrected chi connectivity index (χ0v) is 8.57. The monoisotopic (exact) mass is 288 g/mol. The number of fused-ring (bicyclic) bond motifs is 1. The summed E-state index contributed by atoms with van der Waals surface area (Å²) >= 11 is 1.99. The van der Waals surface area contributed by atoms with E-state index in [1.807, 2.05) is 22.6 Å². The average Bonchev–Trinajstić information content (AvgIpc) is 2.48. The summed E-state index contributed by atoms with van der Waals surface area (Å²) in [5.74, 6) is -0.922. The number of carboxylic acid groups (broad SMARTS) is 1. The maximum atomic E-state index is 10.7. The SMILES string of the molecule is O=C(O)c1cc2nc[nH]c2cc1I. The standard InChI is InChI=1S/C8H5IN2O2/c9-5-2-7-6(10-3-11-7)1-4(5)8(12)13/h1-3H,(H,10,11)(H,12,13). The van der Waals surface area contributed by atoms with Crippen molar-refractivity contribution < 1.29 is 9.90 Å². The number of hydrogen-bond donors (Lipinski definition) is 2. The Balaban J connectivity index is 2.76. The van der Waals surface area contributed by atoms with Crippen LogP contribution in [0.5, 0.6) is 0 Å². The van der Waals surface area contributed by atoms with E-state index < -0.39 is 5.97 Å². The summed E-state index contributed by atoms with van der Waals surface area (Å²) in [4.78, 5) is 17.6. The Bertz CT molecular complexity index is 478. The largest absolute Gasteiger partial charge is 0.478 e. The van der Waals surface area contributed by atoms with Gasteiger partial charge in [-0.25, -0.2) is 9.78 Å². The van der Waals surface area contributed by atoms with Gasteiger partial charge in [0.15, 0.2) is 0 Å². The summed E-state index contributed by atoms with van der Waals surface area (Å²) in [6.07, 6.45) is 1.55. The van der Waals surface area contributed by atoms with Gasteiger partial charge in [-0.15, -0.1) is 0 Å². The van der Waals surface area contributed by atoms with Crippen LogP contribution in [0.1, 0.15) is 10.4 Å². The fraction of sp³-hybridized carbons (Fsp3) is 0. The number of imidazole rings is 1. The van der Waals surface area contributed by atoms with Crippen LogP contribution >= 0.6 is 22.6 Å². The number of aromatic nitrogens is 2. The van der Waals surface area contributed by atoms with Crippen LogP contribution in [-0.4, -0.2) is 21.0 Å². The van der Waals surface area contributed by atoms with Crippen LogP contribution in [0.3, 0.4) is 0 Å². The number of H-pyrrole nitrogens is 1. The van der Waals surface area contributed by atoms with Crippen molar-refractivity contribution in [2.24, 2.45) is 0 Å². The molecule has 2 aromatic rings. The minimum atomic E-state index is -0.922. The van der Waals surface area contributed by atoms with E-state index in [2.05, 4.69) is 9.97 Å². The third kappa shape index (κ3) is 1.39. The second-order valence-corrected chi connectivity index (χ2v) is 3.72. The number of aromatic amines is 1. The molecule has 0 aliphatic carbocycles. The lowest BCUT2D eigenvalue weighted by Crippen LogP contribution is -1.99. The predicted molar refractivity (Wildman–Crippen MR) is 55.8 cm³/mol. The van der Waals surface area contributed by atoms with Gasteiger partial charge in [0.25, 0.3) is 0 Å². The first kappa shape index (κ1) is 8.49. The number of hydrogen-bond acceptors (Lipinski definition) is 2. The summed E-state index contributed by atoms with van der Waals surface area (Å²) < 4.78 is 0.710. The van der Waals surface area contributed by atoms with E-state index in [0.29, 0.717) is 14.7 Å². The lowest BCUT2D eigenvalue weighted by atomic mass is 10.2. The van der Waals surface area contributed by atoms with Gasteiger partial charge in [0.1, 0.15) is 0 Å². The van der Waals surface area contributed by atoms with Gasteiger partial charge in [0.05, 0.1) is 22.9 Å². The molecule has 2 N–H and O–H groups in total. The highest BCUT2D eigenvalue weighted by molar-refractivity contribution is 14.1. The van der Waals surface area contributed by atoms with Crippen molar-refractivity contribution in [1.29, 1.82) is 0 Å². The zero-order chi connectivity index (χ0) is 9.42. The second kappa shape index (κ2) is 2.99. The van der Waals surface area contributed by atoms with Gasteiger partial charge in [0, 0.05) is 3.57 Å². The molecule has 0 saturated heterocycles. The number of rotatable bonds is 1. The molecular formula is C8H5IN2O2. The molecule has 4 nitrogen and oxygen atoms in total. The Morgan fingerprint density at radius 1 is 1.54 bits per heavy atom. The molecule has 0 atom stereocenters. The van der Waals surface area contributed by atoms with Crippen LogP contribution < -0.4 is 0 Å². The van der Waals surface area contributed by atoms with Crippen molar-refractivity contribution in [2.45, 2.75) is 0 Å². The highest BCUT2D eigenvalue weighted by Crippen LogP contribution is 2.18. The van der Waals surface area contributed by atoms with E-state index in [0.717, 1.165) is 5.52 Å². The van der Waals surface area contributed by atoms with Crippen LogP contribution in [0.4, 0.5) is 0 Å². The normalized spacial score (nSPS) is 10.5. The molecule has 0 radical (unpaired) electrons. The Labute approximate surface area is 87.1 Å². The molecule has 1 aromatic carbocycles. The summed E-state index contributed by atoms with van der Waals surface area (Å²) in [5.41, 5.74) is 1.83. The summed E-state index contributed by atoms with van der Waals surface area (Å²) in [7, 11) is 0. The third-order valence-corrected chi connectivity index (χ3v) is 2.63. The van der Waals surface area contributed by atoms with Crippen molar-refractivity contribution in [3.8, 4) is 0 Å². The van der Waals surface area contributed by atoms with Crippen LogP contribution in [0.15, 0.2) is 18.5 Å². The smallest absolute Gasteiger partial charge is 0.336 e. The summed E-state index contributed by atoms with van der Waals surface area (Å²) in [6, 6.07) is 3.34. The van der Waals surface area contributed by atoms with Gasteiger partial charge < -0.3 is 10.1 Å². The van der Waals surface area contributed by atoms with Crippen molar-refractivity contribution in [3.63, 3.8) is 0 Å². The third-order valence-electron chi connectivity index (χ3n) is 1.74. The molecule has 0 fully saturated rings. The topological polar surface area (TPSA) is 66.0 Å². The number of nitrogens with one attached hydrogen (secondary N) is 1. The van der Waals surface area contributed by atoms with Crippen molar-refractivity contribution in [3.05, 3.63) is 27.6 Å². The fourth-order valence-electron chi connectivity index (χ4n) is 1.12. The van der Waals surface area contributed by atoms with Crippen LogP contribution in [-0.2, 0) is 0 Å². The lowest BCUT2D eigenvalue weighted by Gasteiger charge is -1.97. The molecule has 66 valence electrons. The number of carbonyl (C=O) groups is 1. The summed E-state index contributed by atoms with van der Waals surface area (Å²) in [5, 5.41) is 8.82. The minimum absolute atomic E-state index is 0.292. The minimum Gasteiger partial charge on any atom is -0.478 e. The predicted octanol–water partition coefficient (Wildman–Crippen LogP) is 1.87. The van der Waals surface area contributed by atoms with Gasteiger partial charge in [-0.2, -0.15) is 0 Å². The molecule has 0 aliphatic rings. The van der Waals surface area contributed by atoms with E-state index in [9.17, 15) is 4.79 Å². The number of nitrogens with zero attached hydrogens (tertiary/aromatic N) is 1. The highest BCUT2D eigenvalue weighted by atomic mass is 127. The quantitative estimate of drug-likeness (QED) is 0.787. The molecule has 0 saturated carbocycles. The highest BCUT2D eigenvalue weighted by Gasteiger charge is 2.10. The molecule has 0 aliphatic heterocycles. The average molecular weight is 288 g/mol. The fourth-order valence-corrected chi connectivity index (χ4v) is 1.82. The first-order valence-electron chi connectivity index (χ1n) is 3.54. The number of benzene rings is 1. The molecule has 0 bridgehead atoms. The summed E-state index contributed by atoms with van der Waals surface area (Å²) in [6.45, 7) is 0. The van der Waals surface area contributed by atoms with Gasteiger partial charge in [-0.3, -0.25) is 0 Å². The molecule has 1 heterocycles. The van der Waals surface area contributed by atoms with Gasteiger partial charge >= 0.3 is 5.97 Å². The number of halogens is 1. The molecule has 2 rings (SSSR count). The van der Waals surface area contributed by atoms with E-state index >= 15 is 0 Å². The van der Waals surface area contributed by atoms with Crippen LogP contribution in [0.25, 0.3) is 11.0 Å². The second-order valence-electron chi connectivity index (χ2n) is 2.56. The van der Waals surface area contributed by atoms with Gasteiger partial charge in [0.2, 0.25) is 0 Å². The molecule has 1 aromatic heterocycles. The maximum absolute atomic E-state index is 10.7. The first-order valence-corrected chi connectivity index (χ1v) is 4.62. The van der Waals surface area contributed by atoms with Gasteiger partial charge in [-0.1, -0.05) is 0 Å². The Morgan fingerprint density at radius 3 is 3.00 bits per heavy atom. The Hall–Kier alpha value is -1.11. The number of carboxylic acids is 1. The lowest BCUT2D eigenvalue weighted by molar-refractivity contribution is 0.0696. The van der Waals surface area contributed by atoms with Crippen molar-refractivity contribution >= 4 is 39.6 Å². The van der Waals surface area contributed by atoms with E-state index in [1.165, 1.54) is 0 Å². The maximum Gasteiger partial charge on any atom is 0.336 e. The van der Waals surface area contributed by atoms with E-state index in [-0.39, 0.29) is 0 Å². The molecule has 13 heavy (non-hydrogen) atoms. The molecule has 0 spiro atoms. The van der Waals surface area contributed by atoms with Crippen LogP contribution in [0, 0.1) is 3.57 Å². The molecular weight excluding hydrogens is 283 g/mol. The molecule has 0 amide bonds. The van der Waals surface area contributed by atoms with E-state index in [4.69, 9.17) is 5.11 Å². The Morgan fingerprint density at radius 2 is 2.31 bits per heavy atom. The first-order chi connectivity index (χ1) is 6.18. The van der Waals surface area contributed by atoms with Crippen LogP contribution in [0.2, 0.25) is 0 Å². The Kier molecular flexibility index (Phi) is 1.95. The zero-order valence-electron chi connectivity index (χ0n) is 6.41. The van der Waals surface area contributed by atoms with Crippen molar-refractivity contribution in [1.82, 2.24) is 9.97 Å².